The zero-order valence-corrected chi connectivity index (χ0v) is 16.9. The van der Waals surface area contributed by atoms with E-state index in [0.717, 1.165) is 44.1 Å². The van der Waals surface area contributed by atoms with E-state index < -0.39 is 5.97 Å². The Kier molecular flexibility index (Phi) is 9.32. The maximum Gasteiger partial charge on any atom is 0.411 e. The maximum absolute atomic E-state index is 12.9. The Balaban J connectivity index is 2.11. The highest BCUT2D eigenvalue weighted by Gasteiger charge is 2.32. The van der Waals surface area contributed by atoms with Gasteiger partial charge in [-0.2, -0.15) is 0 Å². The molecule has 5 nitrogen and oxygen atoms in total. The topological polar surface area (TPSA) is 55.8 Å². The van der Waals surface area contributed by atoms with Gasteiger partial charge in [-0.25, -0.2) is 9.59 Å². The summed E-state index contributed by atoms with van der Waals surface area (Å²) in [5.74, 6) is -0.418. The molecule has 1 saturated heterocycles. The fraction of sp³-hybridized carbons (Fsp3) is 0.478. The van der Waals surface area contributed by atoms with Gasteiger partial charge in [-0.1, -0.05) is 68.3 Å². The molecule has 1 aliphatic heterocycles. The lowest BCUT2D eigenvalue weighted by Gasteiger charge is -2.39. The number of ether oxygens (including phenoxy) is 2. The van der Waals surface area contributed by atoms with Crippen LogP contribution in [-0.4, -0.2) is 36.2 Å². The second kappa shape index (κ2) is 12.0. The van der Waals surface area contributed by atoms with Gasteiger partial charge in [-0.05, 0) is 31.2 Å². The Hall–Kier alpha value is -2.56. The van der Waals surface area contributed by atoms with Crippen molar-refractivity contribution in [3.63, 3.8) is 0 Å². The number of nitrogens with zero attached hydrogens (tertiary/aromatic N) is 1. The molecule has 0 N–H and O–H groups in total. The molecule has 152 valence electrons. The fourth-order valence-corrected chi connectivity index (χ4v) is 3.34. The van der Waals surface area contributed by atoms with Crippen LogP contribution in [0.1, 0.15) is 51.0 Å². The number of carbonyl (C=O) groups excluding carboxylic acids is 2. The van der Waals surface area contributed by atoms with Gasteiger partial charge < -0.3 is 9.47 Å². The summed E-state index contributed by atoms with van der Waals surface area (Å²) in [7, 11) is 1.35. The first kappa shape index (κ1) is 21.7. The van der Waals surface area contributed by atoms with Gasteiger partial charge in [0.25, 0.3) is 0 Å². The average Bonchev–Trinajstić information content (AvgIpc) is 2.74. The second-order valence-corrected chi connectivity index (χ2v) is 6.97. The van der Waals surface area contributed by atoms with E-state index in [1.807, 2.05) is 30.3 Å². The number of allylic oxidation sites excluding steroid dienone is 1. The number of benzene rings is 1. The molecule has 1 aromatic rings. The summed E-state index contributed by atoms with van der Waals surface area (Å²) in [5, 5.41) is 0. The molecule has 1 amide bonds. The van der Waals surface area contributed by atoms with Crippen LogP contribution in [0.25, 0.3) is 0 Å². The van der Waals surface area contributed by atoms with Gasteiger partial charge in [0.15, 0.2) is 0 Å². The smallest absolute Gasteiger partial charge is 0.411 e. The molecule has 1 aliphatic rings. The first-order valence-electron chi connectivity index (χ1n) is 10.1. The first-order chi connectivity index (χ1) is 13.7. The van der Waals surface area contributed by atoms with Crippen LogP contribution in [0.5, 0.6) is 0 Å². The van der Waals surface area contributed by atoms with Crippen LogP contribution in [0.3, 0.4) is 0 Å². The van der Waals surface area contributed by atoms with Crippen molar-refractivity contribution < 1.29 is 19.1 Å². The Morgan fingerprint density at radius 2 is 1.86 bits per heavy atom. The van der Waals surface area contributed by atoms with Crippen LogP contribution in [0.15, 0.2) is 54.6 Å². The van der Waals surface area contributed by atoms with E-state index in [-0.39, 0.29) is 24.8 Å². The number of carbonyl (C=O) groups is 2. The minimum absolute atomic E-state index is 0.0267. The van der Waals surface area contributed by atoms with Crippen molar-refractivity contribution >= 4 is 12.1 Å². The third kappa shape index (κ3) is 6.87. The SMILES string of the molecule is CCCC/C=C/[C@H]1CCC[C@@H](/C=C/C(=O)OC)N1C(=O)OCc1ccccc1. The molecule has 1 fully saturated rings. The van der Waals surface area contributed by atoms with Crippen LogP contribution < -0.4 is 0 Å². The monoisotopic (exact) mass is 385 g/mol. The standard InChI is InChI=1S/C23H31NO4/c1-3-4-5-9-13-20-14-10-15-21(16-17-22(25)27-2)24(20)23(26)28-18-19-11-7-6-8-12-19/h6-9,11-13,16-17,20-21H,3-5,10,14-15,18H2,1-2H3/b13-9+,17-16+/t20-,21-/m0/s1. The third-order valence-electron chi connectivity index (χ3n) is 4.87. The molecule has 0 saturated carbocycles. The minimum Gasteiger partial charge on any atom is -0.466 e. The summed E-state index contributed by atoms with van der Waals surface area (Å²) < 4.78 is 10.3. The number of likely N-dealkylation sites (tertiary alicyclic amines) is 1. The highest BCUT2D eigenvalue weighted by molar-refractivity contribution is 5.82. The number of esters is 1. The van der Waals surface area contributed by atoms with Crippen molar-refractivity contribution in [2.45, 2.75) is 64.1 Å². The lowest BCUT2D eigenvalue weighted by molar-refractivity contribution is -0.134. The summed E-state index contributed by atoms with van der Waals surface area (Å²) in [6.07, 6.45) is 13.0. The zero-order valence-electron chi connectivity index (χ0n) is 16.9. The number of amides is 1. The minimum atomic E-state index is -0.418. The van der Waals surface area contributed by atoms with Crippen molar-refractivity contribution in [2.24, 2.45) is 0 Å². The van der Waals surface area contributed by atoms with Gasteiger partial charge in [0, 0.05) is 6.08 Å². The van der Waals surface area contributed by atoms with Gasteiger partial charge in [-0.15, -0.1) is 0 Å². The molecule has 0 aliphatic carbocycles. The molecular weight excluding hydrogens is 354 g/mol. The molecule has 1 heterocycles. The molecule has 2 atom stereocenters. The zero-order chi connectivity index (χ0) is 20.2. The average molecular weight is 386 g/mol. The fourth-order valence-electron chi connectivity index (χ4n) is 3.34. The van der Waals surface area contributed by atoms with Gasteiger partial charge in [-0.3, -0.25) is 4.90 Å². The van der Waals surface area contributed by atoms with E-state index in [1.165, 1.54) is 13.2 Å². The molecule has 28 heavy (non-hydrogen) atoms. The summed E-state index contributed by atoms with van der Waals surface area (Å²) in [6.45, 7) is 2.39. The van der Waals surface area contributed by atoms with E-state index in [9.17, 15) is 9.59 Å². The van der Waals surface area contributed by atoms with E-state index in [4.69, 9.17) is 4.74 Å². The lowest BCUT2D eigenvalue weighted by Crippen LogP contribution is -2.48. The summed E-state index contributed by atoms with van der Waals surface area (Å²) in [5.41, 5.74) is 0.949. The quantitative estimate of drug-likeness (QED) is 0.273. The van der Waals surface area contributed by atoms with E-state index >= 15 is 0 Å². The number of hydrogen-bond donors (Lipinski definition) is 0. The highest BCUT2D eigenvalue weighted by atomic mass is 16.6. The molecule has 0 spiro atoms. The molecule has 1 aromatic carbocycles. The van der Waals surface area contributed by atoms with E-state index in [0.29, 0.717) is 0 Å². The molecule has 0 radical (unpaired) electrons. The molecule has 5 heteroatoms. The molecule has 0 aromatic heterocycles. The van der Waals surface area contributed by atoms with Crippen molar-refractivity contribution in [3.8, 4) is 0 Å². The van der Waals surface area contributed by atoms with Crippen molar-refractivity contribution in [1.82, 2.24) is 4.90 Å². The first-order valence-corrected chi connectivity index (χ1v) is 10.1. The van der Waals surface area contributed by atoms with Crippen molar-refractivity contribution in [2.75, 3.05) is 7.11 Å². The number of piperidine rings is 1. The van der Waals surface area contributed by atoms with Crippen molar-refractivity contribution in [3.05, 3.63) is 60.2 Å². The van der Waals surface area contributed by atoms with Gasteiger partial charge in [0.05, 0.1) is 19.2 Å². The van der Waals surface area contributed by atoms with Crippen LogP contribution in [0, 0.1) is 0 Å². The van der Waals surface area contributed by atoms with Crippen LogP contribution in [0.4, 0.5) is 4.79 Å². The Labute approximate surface area is 168 Å². The largest absolute Gasteiger partial charge is 0.466 e. The molecular formula is C23H31NO4. The van der Waals surface area contributed by atoms with Crippen LogP contribution in [0.2, 0.25) is 0 Å². The molecule has 0 bridgehead atoms. The molecule has 0 unspecified atom stereocenters. The maximum atomic E-state index is 12.9. The normalized spacial score (nSPS) is 19.9. The van der Waals surface area contributed by atoms with E-state index in [1.54, 1.807) is 11.0 Å². The number of rotatable bonds is 8. The Morgan fingerprint density at radius 1 is 1.14 bits per heavy atom. The number of methoxy groups -OCH3 is 1. The van der Waals surface area contributed by atoms with Gasteiger partial charge >= 0.3 is 12.1 Å². The Morgan fingerprint density at radius 3 is 2.54 bits per heavy atom. The summed E-state index contributed by atoms with van der Waals surface area (Å²) in [6, 6.07) is 9.43. The molecule has 2 rings (SSSR count). The second-order valence-electron chi connectivity index (χ2n) is 6.97. The van der Waals surface area contributed by atoms with Crippen LogP contribution >= 0.6 is 0 Å². The highest BCUT2D eigenvalue weighted by Crippen LogP contribution is 2.26. The number of hydrogen-bond acceptors (Lipinski definition) is 4. The predicted octanol–water partition coefficient (Wildman–Crippen LogP) is 5.02. The van der Waals surface area contributed by atoms with Crippen molar-refractivity contribution in [1.29, 1.82) is 0 Å². The summed E-state index contributed by atoms with van der Waals surface area (Å²) in [4.78, 5) is 26.2. The van der Waals surface area contributed by atoms with E-state index in [2.05, 4.69) is 23.8 Å². The lowest BCUT2D eigenvalue weighted by atomic mass is 9.95. The third-order valence-corrected chi connectivity index (χ3v) is 4.87. The predicted molar refractivity (Wildman–Crippen MR) is 110 cm³/mol. The van der Waals surface area contributed by atoms with Gasteiger partial charge in [0.2, 0.25) is 0 Å². The Bertz CT molecular complexity index is 668. The van der Waals surface area contributed by atoms with Crippen LogP contribution in [-0.2, 0) is 20.9 Å². The number of unbranched alkanes of at least 4 members (excludes halogenated alkanes) is 2. The summed E-state index contributed by atoms with van der Waals surface area (Å²) >= 11 is 0. The van der Waals surface area contributed by atoms with Gasteiger partial charge in [0.1, 0.15) is 6.61 Å².